The molecule has 3 aliphatic heterocycles. The first kappa shape index (κ1) is 22.6. The zero-order chi connectivity index (χ0) is 24.6. The second kappa shape index (κ2) is 9.28. The molecule has 2 saturated heterocycles. The summed E-state index contributed by atoms with van der Waals surface area (Å²) in [4.78, 5) is 30.1. The lowest BCUT2D eigenvalue weighted by atomic mass is 10.1. The van der Waals surface area contributed by atoms with Crippen LogP contribution >= 0.6 is 0 Å². The number of carbonyl (C=O) groups is 1. The van der Waals surface area contributed by atoms with Gasteiger partial charge in [-0.05, 0) is 32.0 Å². The fraction of sp³-hybridized carbons (Fsp3) is 0.417. The monoisotopic (exact) mass is 492 g/mol. The van der Waals surface area contributed by atoms with Crippen LogP contribution in [0.5, 0.6) is 0 Å². The number of morpholine rings is 1. The number of ether oxygens (including phenoxy) is 2. The average molecular weight is 493 g/mol. The Kier molecular flexibility index (Phi) is 5.82. The van der Waals surface area contributed by atoms with Crippen molar-refractivity contribution in [3.63, 3.8) is 0 Å². The minimum atomic E-state index is -0.627. The Morgan fingerprint density at radius 3 is 2.86 bits per heavy atom. The predicted octanol–water partition coefficient (Wildman–Crippen LogP) is 1.40. The molecule has 1 amide bonds. The number of primary amides is 1. The summed E-state index contributed by atoms with van der Waals surface area (Å²) >= 11 is 0. The molecule has 6 heterocycles. The third kappa shape index (κ3) is 4.18. The summed E-state index contributed by atoms with van der Waals surface area (Å²) in [5.74, 6) is -0.0325. The topological polar surface area (TPSA) is 144 Å². The van der Waals surface area contributed by atoms with Crippen LogP contribution in [0.2, 0.25) is 0 Å². The SMILES string of the molecule is Cc1cc([C@@H]2OC=C(C(N)=O)N2c2cc3oc(N4CCOCC4)nc3nc2NC2CCNC2)ccn1. The Morgan fingerprint density at radius 1 is 1.25 bits per heavy atom. The summed E-state index contributed by atoms with van der Waals surface area (Å²) in [6, 6.07) is 6.28. The highest BCUT2D eigenvalue weighted by molar-refractivity contribution is 5.98. The second-order valence-electron chi connectivity index (χ2n) is 9.06. The number of hydrogen-bond donors (Lipinski definition) is 3. The van der Waals surface area contributed by atoms with Crippen molar-refractivity contribution in [3.05, 3.63) is 47.6 Å². The molecule has 1 unspecified atom stereocenters. The number of hydrogen-bond acceptors (Lipinski definition) is 11. The van der Waals surface area contributed by atoms with Crippen molar-refractivity contribution in [2.45, 2.75) is 25.6 Å². The number of carbonyl (C=O) groups excluding carboxylic acids is 1. The summed E-state index contributed by atoms with van der Waals surface area (Å²) in [6.07, 6.45) is 3.42. The normalized spacial score (nSPS) is 22.1. The molecule has 3 aromatic heterocycles. The summed E-state index contributed by atoms with van der Waals surface area (Å²) in [6.45, 7) is 6.23. The largest absolute Gasteiger partial charge is 0.471 e. The number of aromatic nitrogens is 3. The van der Waals surface area contributed by atoms with Gasteiger partial charge in [0.1, 0.15) is 12.0 Å². The number of nitrogens with two attached hydrogens (primary N) is 1. The van der Waals surface area contributed by atoms with E-state index in [4.69, 9.17) is 24.6 Å². The molecule has 6 rings (SSSR count). The molecule has 0 spiro atoms. The highest BCUT2D eigenvalue weighted by atomic mass is 16.5. The number of fused-ring (bicyclic) bond motifs is 1. The number of amides is 1. The molecule has 36 heavy (non-hydrogen) atoms. The molecular weight excluding hydrogens is 464 g/mol. The van der Waals surface area contributed by atoms with Gasteiger partial charge in [0.2, 0.25) is 11.9 Å². The van der Waals surface area contributed by atoms with E-state index in [1.54, 1.807) is 11.1 Å². The van der Waals surface area contributed by atoms with Gasteiger partial charge in [0.05, 0.1) is 18.9 Å². The van der Waals surface area contributed by atoms with E-state index < -0.39 is 12.1 Å². The van der Waals surface area contributed by atoms with Gasteiger partial charge in [-0.1, -0.05) is 0 Å². The highest BCUT2D eigenvalue weighted by Gasteiger charge is 2.36. The number of nitrogens with zero attached hydrogens (tertiary/aromatic N) is 5. The van der Waals surface area contributed by atoms with Crippen molar-refractivity contribution in [3.8, 4) is 0 Å². The third-order valence-corrected chi connectivity index (χ3v) is 6.55. The molecule has 0 radical (unpaired) electrons. The maximum atomic E-state index is 12.5. The maximum Gasteiger partial charge on any atom is 0.300 e. The van der Waals surface area contributed by atoms with Crippen LogP contribution in [-0.4, -0.2) is 66.3 Å². The van der Waals surface area contributed by atoms with Gasteiger partial charge in [0, 0.05) is 49.2 Å². The van der Waals surface area contributed by atoms with E-state index in [0.29, 0.717) is 55.1 Å². The van der Waals surface area contributed by atoms with E-state index in [2.05, 4.69) is 20.6 Å². The first-order valence-corrected chi connectivity index (χ1v) is 12.1. The average Bonchev–Trinajstić information content (AvgIpc) is 3.63. The molecule has 0 bridgehead atoms. The number of aryl methyl sites for hydroxylation is 1. The molecule has 3 aromatic rings. The zero-order valence-corrected chi connectivity index (χ0v) is 19.9. The van der Waals surface area contributed by atoms with E-state index in [1.807, 2.05) is 30.0 Å². The Bertz CT molecular complexity index is 1310. The minimum absolute atomic E-state index is 0.172. The van der Waals surface area contributed by atoms with Gasteiger partial charge in [-0.25, -0.2) is 4.98 Å². The first-order valence-electron chi connectivity index (χ1n) is 12.1. The van der Waals surface area contributed by atoms with Crippen molar-refractivity contribution in [1.82, 2.24) is 20.3 Å². The van der Waals surface area contributed by atoms with Crippen LogP contribution in [-0.2, 0) is 14.3 Å². The van der Waals surface area contributed by atoms with Crippen molar-refractivity contribution in [2.75, 3.05) is 54.5 Å². The molecule has 2 fully saturated rings. The number of rotatable bonds is 6. The van der Waals surface area contributed by atoms with Gasteiger partial charge in [-0.15, -0.1) is 0 Å². The van der Waals surface area contributed by atoms with Crippen molar-refractivity contribution in [2.24, 2.45) is 5.73 Å². The maximum absolute atomic E-state index is 12.5. The van der Waals surface area contributed by atoms with Crippen LogP contribution in [0.25, 0.3) is 11.2 Å². The lowest BCUT2D eigenvalue weighted by Crippen LogP contribution is -2.36. The number of nitrogens with one attached hydrogen (secondary N) is 2. The third-order valence-electron chi connectivity index (χ3n) is 6.55. The first-order chi connectivity index (χ1) is 17.6. The van der Waals surface area contributed by atoms with Gasteiger partial charge in [-0.2, -0.15) is 4.98 Å². The number of oxazole rings is 1. The molecule has 3 aliphatic rings. The minimum Gasteiger partial charge on any atom is -0.471 e. The zero-order valence-electron chi connectivity index (χ0n) is 19.9. The molecule has 188 valence electrons. The van der Waals surface area contributed by atoms with Gasteiger partial charge in [0.15, 0.2) is 11.4 Å². The second-order valence-corrected chi connectivity index (χ2v) is 9.06. The molecule has 2 atom stereocenters. The van der Waals surface area contributed by atoms with Crippen LogP contribution < -0.4 is 26.2 Å². The van der Waals surface area contributed by atoms with Crippen molar-refractivity contribution >= 4 is 34.7 Å². The molecular formula is C24H28N8O4. The Morgan fingerprint density at radius 2 is 2.11 bits per heavy atom. The van der Waals surface area contributed by atoms with E-state index in [9.17, 15) is 4.79 Å². The van der Waals surface area contributed by atoms with E-state index >= 15 is 0 Å². The van der Waals surface area contributed by atoms with Crippen LogP contribution in [0.15, 0.2) is 40.8 Å². The fourth-order valence-corrected chi connectivity index (χ4v) is 4.75. The smallest absolute Gasteiger partial charge is 0.300 e. The van der Waals surface area contributed by atoms with Crippen molar-refractivity contribution in [1.29, 1.82) is 0 Å². The van der Waals surface area contributed by atoms with Crippen LogP contribution in [0.3, 0.4) is 0 Å². The van der Waals surface area contributed by atoms with E-state index in [1.165, 1.54) is 6.26 Å². The fourth-order valence-electron chi connectivity index (χ4n) is 4.75. The number of anilines is 3. The highest BCUT2D eigenvalue weighted by Crippen LogP contribution is 2.42. The quantitative estimate of drug-likeness (QED) is 0.459. The lowest BCUT2D eigenvalue weighted by molar-refractivity contribution is -0.114. The molecule has 12 nitrogen and oxygen atoms in total. The summed E-state index contributed by atoms with van der Waals surface area (Å²) in [5, 5.41) is 6.89. The Labute approximate surface area is 207 Å². The van der Waals surface area contributed by atoms with Gasteiger partial charge < -0.3 is 35.2 Å². The molecule has 12 heteroatoms. The van der Waals surface area contributed by atoms with Crippen LogP contribution in [0.4, 0.5) is 17.5 Å². The summed E-state index contributed by atoms with van der Waals surface area (Å²) in [5.41, 5.74) is 9.25. The molecule has 0 saturated carbocycles. The van der Waals surface area contributed by atoms with Gasteiger partial charge in [-0.3, -0.25) is 14.7 Å². The molecule has 4 N–H and O–H groups in total. The van der Waals surface area contributed by atoms with Gasteiger partial charge >= 0.3 is 0 Å². The molecule has 0 aromatic carbocycles. The predicted molar refractivity (Wildman–Crippen MR) is 132 cm³/mol. The standard InChI is InChI=1S/C24H28N8O4/c1-14-10-15(2-5-27-14)23-32(18(13-35-23)20(25)33)17-11-19-22(29-21(17)28-16-3-4-26-12-16)30-24(36-19)31-6-8-34-9-7-31/h2,5,10-11,13,16,23,26H,3-4,6-9,12H2,1H3,(H2,25,33)(H,28,29)/t16?,23-/m0/s1. The summed E-state index contributed by atoms with van der Waals surface area (Å²) in [7, 11) is 0. The van der Waals surface area contributed by atoms with E-state index in [-0.39, 0.29) is 11.7 Å². The number of pyridine rings is 2. The summed E-state index contributed by atoms with van der Waals surface area (Å²) < 4.78 is 17.6. The van der Waals surface area contributed by atoms with Crippen molar-refractivity contribution < 1.29 is 18.7 Å². The Hall–Kier alpha value is -3.90. The molecule has 0 aliphatic carbocycles. The van der Waals surface area contributed by atoms with Crippen LogP contribution in [0, 0.1) is 6.92 Å². The Balaban J connectivity index is 1.46. The van der Waals surface area contributed by atoms with E-state index in [0.717, 1.165) is 30.8 Å². The van der Waals surface area contributed by atoms with Crippen LogP contribution in [0.1, 0.15) is 23.9 Å². The van der Waals surface area contributed by atoms with Gasteiger partial charge in [0.25, 0.3) is 11.9 Å². The lowest BCUT2D eigenvalue weighted by Gasteiger charge is -2.29.